The Hall–Kier alpha value is -3.52. The predicted octanol–water partition coefficient (Wildman–Crippen LogP) is 4.63. The lowest BCUT2D eigenvalue weighted by atomic mass is 10.1. The average molecular weight is 435 g/mol. The third kappa shape index (κ3) is 5.16. The van der Waals surface area contributed by atoms with Gasteiger partial charge in [-0.15, -0.1) is 0 Å². The van der Waals surface area contributed by atoms with Crippen molar-refractivity contribution in [3.63, 3.8) is 0 Å². The Bertz CT molecular complexity index is 1150. The molecule has 0 aliphatic carbocycles. The van der Waals surface area contributed by atoms with Crippen LogP contribution in [0.15, 0.2) is 76.5 Å². The first kappa shape index (κ1) is 20.7. The van der Waals surface area contributed by atoms with Crippen molar-refractivity contribution in [2.24, 2.45) is 0 Å². The lowest BCUT2D eigenvalue weighted by Crippen LogP contribution is -2.15. The van der Waals surface area contributed by atoms with Crippen LogP contribution in [0.4, 0.5) is 5.82 Å². The highest BCUT2D eigenvalue weighted by molar-refractivity contribution is 7.99. The molecule has 0 saturated carbocycles. The fourth-order valence-corrected chi connectivity index (χ4v) is 3.90. The second-order valence-electron chi connectivity index (χ2n) is 6.89. The first-order chi connectivity index (χ1) is 15.1. The molecule has 4 aromatic rings. The number of nitrogens with one attached hydrogen (secondary N) is 1. The molecule has 7 nitrogen and oxygen atoms in total. The molecule has 0 saturated heterocycles. The molecule has 0 fully saturated rings. The predicted molar refractivity (Wildman–Crippen MR) is 120 cm³/mol. The van der Waals surface area contributed by atoms with Gasteiger partial charge in [-0.2, -0.15) is 0 Å². The van der Waals surface area contributed by atoms with Gasteiger partial charge in [0.05, 0.1) is 31.3 Å². The Labute approximate surface area is 184 Å². The summed E-state index contributed by atoms with van der Waals surface area (Å²) in [6.07, 6.45) is 1.84. The highest BCUT2D eigenvalue weighted by Crippen LogP contribution is 2.28. The van der Waals surface area contributed by atoms with Crippen LogP contribution in [0, 0.1) is 6.92 Å². The normalized spacial score (nSPS) is 10.8. The monoisotopic (exact) mass is 434 g/mol. The standard InChI is InChI=1S/C23H22N4O3S/c1-16-12-21(26-30-16)25-22(28)15-31-23-24-13-20(18-8-10-19(29-2)11-9-18)27(23)14-17-6-4-3-5-7-17/h3-13H,14-15H2,1-2H3,(H,25,26,28). The number of carbonyl (C=O) groups excluding carboxylic acids is 1. The lowest BCUT2D eigenvalue weighted by molar-refractivity contribution is -0.113. The topological polar surface area (TPSA) is 82.2 Å². The maximum atomic E-state index is 12.3. The van der Waals surface area contributed by atoms with E-state index in [1.54, 1.807) is 20.1 Å². The molecule has 0 aliphatic heterocycles. The maximum Gasteiger partial charge on any atom is 0.236 e. The van der Waals surface area contributed by atoms with Gasteiger partial charge in [0.15, 0.2) is 11.0 Å². The van der Waals surface area contributed by atoms with Crippen molar-refractivity contribution in [1.82, 2.24) is 14.7 Å². The van der Waals surface area contributed by atoms with Crippen LogP contribution in [-0.2, 0) is 11.3 Å². The number of rotatable bonds is 8. The quantitative estimate of drug-likeness (QED) is 0.407. The van der Waals surface area contributed by atoms with Gasteiger partial charge in [-0.25, -0.2) is 4.98 Å². The summed E-state index contributed by atoms with van der Waals surface area (Å²) in [5, 5.41) is 7.30. The van der Waals surface area contributed by atoms with Crippen LogP contribution < -0.4 is 10.1 Å². The van der Waals surface area contributed by atoms with Crippen molar-refractivity contribution in [3.05, 3.63) is 78.2 Å². The zero-order valence-electron chi connectivity index (χ0n) is 17.2. The summed E-state index contributed by atoms with van der Waals surface area (Å²) in [5.41, 5.74) is 3.15. The zero-order chi connectivity index (χ0) is 21.6. The van der Waals surface area contributed by atoms with Crippen molar-refractivity contribution in [1.29, 1.82) is 0 Å². The van der Waals surface area contributed by atoms with Gasteiger partial charge in [0.2, 0.25) is 5.91 Å². The Morgan fingerprint density at radius 2 is 1.94 bits per heavy atom. The van der Waals surface area contributed by atoms with Gasteiger partial charge in [-0.1, -0.05) is 47.3 Å². The van der Waals surface area contributed by atoms with E-state index in [0.29, 0.717) is 18.1 Å². The van der Waals surface area contributed by atoms with Crippen LogP contribution in [0.5, 0.6) is 5.75 Å². The molecule has 0 unspecified atom stereocenters. The fraction of sp³-hybridized carbons (Fsp3) is 0.174. The molecule has 0 spiro atoms. The molecule has 8 heteroatoms. The van der Waals surface area contributed by atoms with Crippen LogP contribution in [0.25, 0.3) is 11.3 Å². The van der Waals surface area contributed by atoms with Crippen LogP contribution >= 0.6 is 11.8 Å². The van der Waals surface area contributed by atoms with Crippen molar-refractivity contribution in [3.8, 4) is 17.0 Å². The SMILES string of the molecule is COc1ccc(-c2cnc(SCC(=O)Nc3cc(C)on3)n2Cc2ccccc2)cc1. The number of aryl methyl sites for hydroxylation is 1. The number of ether oxygens (including phenoxy) is 1. The van der Waals surface area contributed by atoms with Crippen molar-refractivity contribution < 1.29 is 14.1 Å². The van der Waals surface area contributed by atoms with E-state index in [4.69, 9.17) is 9.26 Å². The zero-order valence-corrected chi connectivity index (χ0v) is 18.1. The first-order valence-corrected chi connectivity index (χ1v) is 10.7. The smallest absolute Gasteiger partial charge is 0.236 e. The van der Waals surface area contributed by atoms with E-state index in [1.165, 1.54) is 11.8 Å². The number of anilines is 1. The lowest BCUT2D eigenvalue weighted by Gasteiger charge is -2.12. The molecule has 2 aromatic carbocycles. The number of methoxy groups -OCH3 is 1. The molecular formula is C23H22N4O3S. The Kier molecular flexibility index (Phi) is 6.37. The molecule has 2 heterocycles. The number of carbonyl (C=O) groups is 1. The van der Waals surface area contributed by atoms with Crippen LogP contribution in [-0.4, -0.2) is 33.5 Å². The number of imidazole rings is 1. The minimum absolute atomic E-state index is 0.168. The maximum absolute atomic E-state index is 12.3. The molecule has 0 atom stereocenters. The van der Waals surface area contributed by atoms with Gasteiger partial charge < -0.3 is 19.1 Å². The summed E-state index contributed by atoms with van der Waals surface area (Å²) in [6.45, 7) is 2.42. The summed E-state index contributed by atoms with van der Waals surface area (Å²) in [6, 6.07) is 19.7. The third-order valence-corrected chi connectivity index (χ3v) is 5.61. The van der Waals surface area contributed by atoms with E-state index in [-0.39, 0.29) is 11.7 Å². The molecule has 1 amide bonds. The van der Waals surface area contributed by atoms with Crippen molar-refractivity contribution >= 4 is 23.5 Å². The Morgan fingerprint density at radius 3 is 2.61 bits per heavy atom. The molecule has 1 N–H and O–H groups in total. The van der Waals surface area contributed by atoms with E-state index in [1.807, 2.05) is 48.7 Å². The largest absolute Gasteiger partial charge is 0.497 e. The summed E-state index contributed by atoms with van der Waals surface area (Å²) in [7, 11) is 1.65. The van der Waals surface area contributed by atoms with Gasteiger partial charge in [-0.3, -0.25) is 4.79 Å². The van der Waals surface area contributed by atoms with E-state index < -0.39 is 0 Å². The summed E-state index contributed by atoms with van der Waals surface area (Å²) in [5.74, 6) is 1.89. The molecule has 0 bridgehead atoms. The number of nitrogens with zero attached hydrogens (tertiary/aromatic N) is 3. The molecular weight excluding hydrogens is 412 g/mol. The van der Waals surface area contributed by atoms with Gasteiger partial charge in [-0.05, 0) is 36.8 Å². The van der Waals surface area contributed by atoms with Crippen LogP contribution in [0.1, 0.15) is 11.3 Å². The number of hydrogen-bond donors (Lipinski definition) is 1. The van der Waals surface area contributed by atoms with E-state index in [2.05, 4.69) is 32.2 Å². The molecule has 158 valence electrons. The van der Waals surface area contributed by atoms with Gasteiger partial charge in [0, 0.05) is 11.6 Å². The molecule has 2 aromatic heterocycles. The van der Waals surface area contributed by atoms with E-state index >= 15 is 0 Å². The van der Waals surface area contributed by atoms with Crippen molar-refractivity contribution in [2.75, 3.05) is 18.2 Å². The van der Waals surface area contributed by atoms with Gasteiger partial charge in [0.25, 0.3) is 0 Å². The van der Waals surface area contributed by atoms with Gasteiger partial charge >= 0.3 is 0 Å². The highest BCUT2D eigenvalue weighted by atomic mass is 32.2. The van der Waals surface area contributed by atoms with Crippen LogP contribution in [0.2, 0.25) is 0 Å². The molecule has 4 rings (SSSR count). The Balaban J connectivity index is 1.55. The second kappa shape index (κ2) is 9.53. The third-order valence-electron chi connectivity index (χ3n) is 4.62. The number of hydrogen-bond acceptors (Lipinski definition) is 6. The average Bonchev–Trinajstić information content (AvgIpc) is 3.38. The van der Waals surface area contributed by atoms with E-state index in [9.17, 15) is 4.79 Å². The number of benzene rings is 2. The summed E-state index contributed by atoms with van der Waals surface area (Å²) >= 11 is 1.38. The van der Waals surface area contributed by atoms with Gasteiger partial charge in [0.1, 0.15) is 11.5 Å². The fourth-order valence-electron chi connectivity index (χ4n) is 3.12. The number of aromatic nitrogens is 3. The Morgan fingerprint density at radius 1 is 1.16 bits per heavy atom. The minimum atomic E-state index is -0.168. The summed E-state index contributed by atoms with van der Waals surface area (Å²) in [4.78, 5) is 16.9. The van der Waals surface area contributed by atoms with E-state index in [0.717, 1.165) is 27.7 Å². The van der Waals surface area contributed by atoms with Crippen molar-refractivity contribution in [2.45, 2.75) is 18.6 Å². The highest BCUT2D eigenvalue weighted by Gasteiger charge is 2.15. The number of amides is 1. The number of thioether (sulfide) groups is 1. The first-order valence-electron chi connectivity index (χ1n) is 9.72. The van der Waals surface area contributed by atoms with Crippen LogP contribution in [0.3, 0.4) is 0 Å². The summed E-state index contributed by atoms with van der Waals surface area (Å²) < 4.78 is 12.4. The second-order valence-corrected chi connectivity index (χ2v) is 7.83. The molecule has 0 radical (unpaired) electrons. The molecule has 0 aliphatic rings. The minimum Gasteiger partial charge on any atom is -0.497 e. The molecule has 31 heavy (non-hydrogen) atoms.